The van der Waals surface area contributed by atoms with Crippen molar-refractivity contribution in [3.8, 4) is 0 Å². The van der Waals surface area contributed by atoms with Crippen LogP contribution in [0.4, 0.5) is 0 Å². The Balaban J connectivity index is 2.45. The molecule has 1 heterocycles. The summed E-state index contributed by atoms with van der Waals surface area (Å²) in [5.41, 5.74) is 0. The summed E-state index contributed by atoms with van der Waals surface area (Å²) in [6.45, 7) is 6.58. The van der Waals surface area contributed by atoms with Gasteiger partial charge in [0.1, 0.15) is 18.8 Å². The molecule has 0 bridgehead atoms. The number of rotatable bonds is 53. The topological polar surface area (TPSA) is 108 Å². The van der Waals surface area contributed by atoms with E-state index in [0.29, 0.717) is 6.42 Å². The summed E-state index contributed by atoms with van der Waals surface area (Å²) in [6, 6.07) is 0. The van der Waals surface area contributed by atoms with E-state index in [4.69, 9.17) is 18.9 Å². The van der Waals surface area contributed by atoms with Crippen LogP contribution in [-0.4, -0.2) is 60.6 Å². The zero-order valence-corrected chi connectivity index (χ0v) is 45.5. The van der Waals surface area contributed by atoms with Crippen molar-refractivity contribution in [3.63, 3.8) is 0 Å². The van der Waals surface area contributed by atoms with Crippen molar-refractivity contribution in [2.45, 2.75) is 353 Å². The van der Waals surface area contributed by atoms with Gasteiger partial charge in [0.2, 0.25) is 0 Å². The summed E-state index contributed by atoms with van der Waals surface area (Å²) < 4.78 is 23.4. The van der Waals surface area contributed by atoms with Gasteiger partial charge in [-0.05, 0) is 19.3 Å². The Morgan fingerprint density at radius 2 is 0.662 bits per heavy atom. The summed E-state index contributed by atoms with van der Waals surface area (Å²) in [4.78, 5) is 39.2. The number of aliphatic hydroxyl groups is 1. The van der Waals surface area contributed by atoms with Gasteiger partial charge in [-0.1, -0.05) is 290 Å². The van der Waals surface area contributed by atoms with Gasteiger partial charge in [0.25, 0.3) is 0 Å². The molecule has 1 N–H and O–H groups in total. The first-order valence-corrected chi connectivity index (χ1v) is 30.3. The zero-order valence-electron chi connectivity index (χ0n) is 45.5. The van der Waals surface area contributed by atoms with Crippen LogP contribution < -0.4 is 0 Å². The molecule has 8 heteroatoms. The number of hydrogen-bond donors (Lipinski definition) is 1. The molecule has 3 unspecified atom stereocenters. The number of ether oxygens (including phenoxy) is 4. The molecule has 1 fully saturated rings. The highest BCUT2D eigenvalue weighted by atomic mass is 16.6. The molecule has 4 atom stereocenters. The van der Waals surface area contributed by atoms with Gasteiger partial charge in [-0.2, -0.15) is 0 Å². The molecular weight excluding hydrogens is 849 g/mol. The highest BCUT2D eigenvalue weighted by Gasteiger charge is 2.46. The Labute approximate surface area is 421 Å². The molecule has 0 aromatic rings. The lowest BCUT2D eigenvalue weighted by atomic mass is 10.0. The highest BCUT2D eigenvalue weighted by molar-refractivity contribution is 5.71. The second-order valence-electron chi connectivity index (χ2n) is 21.1. The van der Waals surface area contributed by atoms with E-state index < -0.39 is 24.4 Å². The third kappa shape index (κ3) is 41.0. The molecule has 402 valence electrons. The molecule has 1 saturated heterocycles. The molecule has 68 heavy (non-hydrogen) atoms. The molecule has 1 aliphatic heterocycles. The van der Waals surface area contributed by atoms with Crippen LogP contribution in [0.3, 0.4) is 0 Å². The molecule has 8 nitrogen and oxygen atoms in total. The van der Waals surface area contributed by atoms with E-state index >= 15 is 0 Å². The lowest BCUT2D eigenvalue weighted by molar-refractivity contribution is -0.177. The molecule has 0 amide bonds. The van der Waals surface area contributed by atoms with E-state index in [2.05, 4.69) is 20.8 Å². The van der Waals surface area contributed by atoms with Crippen LogP contribution in [0.25, 0.3) is 0 Å². The van der Waals surface area contributed by atoms with Crippen molar-refractivity contribution >= 4 is 17.9 Å². The van der Waals surface area contributed by atoms with Crippen LogP contribution in [0.15, 0.2) is 0 Å². The monoisotopic (exact) mass is 963 g/mol. The number of carbonyl (C=O) groups excluding carboxylic acids is 3. The average molecular weight is 964 g/mol. The van der Waals surface area contributed by atoms with Crippen LogP contribution in [0.5, 0.6) is 0 Å². The van der Waals surface area contributed by atoms with E-state index in [1.54, 1.807) is 0 Å². The van der Waals surface area contributed by atoms with Crippen molar-refractivity contribution in [1.82, 2.24) is 0 Å². The number of hydrogen-bond acceptors (Lipinski definition) is 8. The summed E-state index contributed by atoms with van der Waals surface area (Å²) in [7, 11) is 0. The number of esters is 3. The zero-order chi connectivity index (χ0) is 49.2. The Kier molecular flexibility index (Phi) is 47.6. The number of carbonyl (C=O) groups is 3. The predicted octanol–water partition coefficient (Wildman–Crippen LogP) is 17.9. The molecular formula is C60H114O8. The highest BCUT2D eigenvalue weighted by Crippen LogP contribution is 2.26. The van der Waals surface area contributed by atoms with Crippen LogP contribution >= 0.6 is 0 Å². The molecule has 0 radical (unpaired) electrons. The van der Waals surface area contributed by atoms with E-state index in [1.165, 1.54) is 231 Å². The third-order valence-corrected chi connectivity index (χ3v) is 14.4. The lowest BCUT2D eigenvalue weighted by Gasteiger charge is -2.28. The first-order valence-electron chi connectivity index (χ1n) is 30.3. The van der Waals surface area contributed by atoms with Crippen LogP contribution in [-0.2, 0) is 33.3 Å². The van der Waals surface area contributed by atoms with Gasteiger partial charge in [0, 0.05) is 19.3 Å². The maximum atomic E-state index is 13.2. The van der Waals surface area contributed by atoms with Crippen LogP contribution in [0.2, 0.25) is 0 Å². The maximum Gasteiger partial charge on any atom is 0.306 e. The van der Waals surface area contributed by atoms with E-state index in [1.807, 2.05) is 0 Å². The summed E-state index contributed by atoms with van der Waals surface area (Å²) in [6.07, 6.45) is 53.4. The third-order valence-electron chi connectivity index (χ3n) is 14.4. The smallest absolute Gasteiger partial charge is 0.306 e. The van der Waals surface area contributed by atoms with Crippen molar-refractivity contribution < 1.29 is 38.4 Å². The summed E-state index contributed by atoms with van der Waals surface area (Å²) in [5, 5.41) is 10.9. The van der Waals surface area contributed by atoms with Crippen molar-refractivity contribution in [2.75, 3.05) is 13.2 Å². The summed E-state index contributed by atoms with van der Waals surface area (Å²) >= 11 is 0. The number of unbranched alkanes of at least 4 members (excludes halogenated alkanes) is 42. The molecule has 1 rings (SSSR count). The van der Waals surface area contributed by atoms with E-state index in [0.717, 1.165) is 57.8 Å². The average Bonchev–Trinajstić information content (AvgIpc) is 3.69. The Morgan fingerprint density at radius 3 is 0.971 bits per heavy atom. The minimum Gasteiger partial charge on any atom is -0.462 e. The van der Waals surface area contributed by atoms with Crippen molar-refractivity contribution in [3.05, 3.63) is 0 Å². The van der Waals surface area contributed by atoms with Gasteiger partial charge in [-0.3, -0.25) is 14.4 Å². The Bertz CT molecular complexity index is 1100. The fourth-order valence-corrected chi connectivity index (χ4v) is 9.89. The minimum absolute atomic E-state index is 0.0399. The van der Waals surface area contributed by atoms with Crippen molar-refractivity contribution in [2.24, 2.45) is 0 Å². The maximum absolute atomic E-state index is 13.2. The van der Waals surface area contributed by atoms with Crippen molar-refractivity contribution in [1.29, 1.82) is 0 Å². The number of aliphatic hydroxyl groups excluding tert-OH is 1. The predicted molar refractivity (Wildman–Crippen MR) is 285 cm³/mol. The molecule has 0 saturated carbocycles. The van der Waals surface area contributed by atoms with Gasteiger partial charge in [0.05, 0.1) is 6.61 Å². The SMILES string of the molecule is CCCCCCCCCCCCCCCCCC(=O)OCC(OC(=O)CCCCCCCCCCCCCCCCC)C1OCC(O)[C@@H]1OC(=O)CCCCCCCCCCCCCCCCC. The molecule has 0 spiro atoms. The molecule has 1 aliphatic rings. The summed E-state index contributed by atoms with van der Waals surface area (Å²) in [5.74, 6) is -1.09. The second kappa shape index (κ2) is 50.3. The quantitative estimate of drug-likeness (QED) is 0.0365. The lowest BCUT2D eigenvalue weighted by Crippen LogP contribution is -2.46. The van der Waals surface area contributed by atoms with Gasteiger partial charge >= 0.3 is 17.9 Å². The fourth-order valence-electron chi connectivity index (χ4n) is 9.89. The normalized spacial score (nSPS) is 16.3. The van der Waals surface area contributed by atoms with Crippen LogP contribution in [0.1, 0.15) is 329 Å². The first kappa shape index (κ1) is 64.3. The molecule has 0 aliphatic carbocycles. The first-order chi connectivity index (χ1) is 33.4. The van der Waals surface area contributed by atoms with Gasteiger partial charge < -0.3 is 24.1 Å². The van der Waals surface area contributed by atoms with Gasteiger partial charge in [-0.15, -0.1) is 0 Å². The second-order valence-corrected chi connectivity index (χ2v) is 21.1. The molecule has 0 aromatic heterocycles. The Morgan fingerprint density at radius 1 is 0.397 bits per heavy atom. The van der Waals surface area contributed by atoms with E-state index in [-0.39, 0.29) is 44.0 Å². The Hall–Kier alpha value is -1.67. The molecule has 0 aromatic carbocycles. The van der Waals surface area contributed by atoms with Crippen LogP contribution in [0, 0.1) is 0 Å². The van der Waals surface area contributed by atoms with Gasteiger partial charge in [0.15, 0.2) is 12.2 Å². The van der Waals surface area contributed by atoms with E-state index in [9.17, 15) is 19.5 Å². The standard InChI is InChI=1S/C60H114O8/c1-4-7-10-13-16-19-22-25-28-31-34-37-40-43-46-49-56(62)65-53-55(67-57(63)50-47-44-41-38-35-32-29-26-23-20-17-14-11-8-5-2)60-59(54(61)52-66-60)68-58(64)51-48-45-42-39-36-33-30-27-24-21-18-15-12-9-6-3/h54-55,59-61H,4-53H2,1-3H3/t54?,55?,59-,60?/m0/s1. The largest absolute Gasteiger partial charge is 0.462 e. The van der Waals surface area contributed by atoms with Gasteiger partial charge in [-0.25, -0.2) is 0 Å². The fraction of sp³-hybridized carbons (Fsp3) is 0.950. The minimum atomic E-state index is -1.04.